The number of amides is 1. The molecule has 2 fully saturated rings. The molecule has 3 N–H and O–H groups in total. The van der Waals surface area contributed by atoms with Crippen molar-refractivity contribution in [2.45, 2.75) is 63.3 Å². The van der Waals surface area contributed by atoms with Crippen molar-refractivity contribution in [1.82, 2.24) is 10.2 Å². The van der Waals surface area contributed by atoms with Gasteiger partial charge in [0.2, 0.25) is 0 Å². The van der Waals surface area contributed by atoms with Gasteiger partial charge in [-0.15, -0.1) is 6.42 Å². The number of rotatable bonds is 5. The highest BCUT2D eigenvalue weighted by molar-refractivity contribution is 6.33. The molecule has 2 aliphatic rings. The van der Waals surface area contributed by atoms with E-state index in [2.05, 4.69) is 23.2 Å². The van der Waals surface area contributed by atoms with Gasteiger partial charge in [0.05, 0.1) is 16.3 Å². The first-order valence-electron chi connectivity index (χ1n) is 9.17. The Morgan fingerprint density at radius 1 is 1.46 bits per heavy atom. The number of benzene rings is 1. The van der Waals surface area contributed by atoms with Crippen molar-refractivity contribution in [3.05, 3.63) is 22.7 Å². The van der Waals surface area contributed by atoms with Crippen molar-refractivity contribution < 1.29 is 9.53 Å². The van der Waals surface area contributed by atoms with Gasteiger partial charge in [-0.05, 0) is 45.2 Å². The van der Waals surface area contributed by atoms with Crippen LogP contribution >= 0.6 is 11.6 Å². The number of piperidine rings is 1. The molecule has 3 rings (SSSR count). The number of anilines is 1. The topological polar surface area (TPSA) is 67.6 Å². The number of hydrogen-bond acceptors (Lipinski definition) is 4. The minimum absolute atomic E-state index is 0.162. The molecule has 0 radical (unpaired) electrons. The van der Waals surface area contributed by atoms with Crippen LogP contribution in [0.2, 0.25) is 5.02 Å². The fourth-order valence-electron chi connectivity index (χ4n) is 4.03. The van der Waals surface area contributed by atoms with Crippen LogP contribution in [-0.2, 0) is 0 Å². The van der Waals surface area contributed by atoms with E-state index in [1.807, 2.05) is 6.92 Å². The highest BCUT2D eigenvalue weighted by Crippen LogP contribution is 2.35. The Morgan fingerprint density at radius 3 is 2.69 bits per heavy atom. The van der Waals surface area contributed by atoms with Gasteiger partial charge < -0.3 is 20.7 Å². The van der Waals surface area contributed by atoms with Crippen LogP contribution in [0.5, 0.6) is 5.75 Å². The van der Waals surface area contributed by atoms with Crippen LogP contribution in [0.3, 0.4) is 0 Å². The Morgan fingerprint density at radius 2 is 2.12 bits per heavy atom. The Bertz CT molecular complexity index is 717. The summed E-state index contributed by atoms with van der Waals surface area (Å²) in [6.45, 7) is 1.93. The molecule has 1 aromatic carbocycles. The van der Waals surface area contributed by atoms with Gasteiger partial charge in [-0.3, -0.25) is 4.79 Å². The smallest absolute Gasteiger partial charge is 0.255 e. The summed E-state index contributed by atoms with van der Waals surface area (Å²) in [6.07, 6.45) is 10.1. The summed E-state index contributed by atoms with van der Waals surface area (Å²) >= 11 is 6.14. The molecule has 0 spiro atoms. The molecule has 6 heteroatoms. The summed E-state index contributed by atoms with van der Waals surface area (Å²) in [5, 5.41) is 3.49. The number of terminal acetylenes is 1. The number of nitrogens with one attached hydrogen (secondary N) is 1. The van der Waals surface area contributed by atoms with Gasteiger partial charge in [-0.2, -0.15) is 0 Å². The Labute approximate surface area is 160 Å². The third kappa shape index (κ3) is 3.77. The van der Waals surface area contributed by atoms with Gasteiger partial charge in [0.15, 0.2) is 6.10 Å². The second kappa shape index (κ2) is 7.77. The van der Waals surface area contributed by atoms with Gasteiger partial charge in [0.25, 0.3) is 5.91 Å². The third-order valence-electron chi connectivity index (χ3n) is 5.60. The molecule has 2 heterocycles. The summed E-state index contributed by atoms with van der Waals surface area (Å²) < 4.78 is 5.82. The minimum atomic E-state index is -0.415. The van der Waals surface area contributed by atoms with E-state index in [0.29, 0.717) is 40.5 Å². The molecule has 2 bridgehead atoms. The number of hydrogen-bond donors (Lipinski definition) is 2. The van der Waals surface area contributed by atoms with Crippen molar-refractivity contribution >= 4 is 23.2 Å². The Hall–Kier alpha value is -1.90. The van der Waals surface area contributed by atoms with Crippen molar-refractivity contribution in [3.63, 3.8) is 0 Å². The fraction of sp³-hybridized carbons (Fsp3) is 0.550. The first-order chi connectivity index (χ1) is 12.4. The molecule has 1 amide bonds. The van der Waals surface area contributed by atoms with E-state index in [-0.39, 0.29) is 11.9 Å². The van der Waals surface area contributed by atoms with E-state index in [0.717, 1.165) is 12.8 Å². The largest absolute Gasteiger partial charge is 0.477 e. The maximum Gasteiger partial charge on any atom is 0.255 e. The van der Waals surface area contributed by atoms with Gasteiger partial charge in [-0.1, -0.05) is 24.4 Å². The van der Waals surface area contributed by atoms with E-state index < -0.39 is 6.10 Å². The minimum Gasteiger partial charge on any atom is -0.477 e. The van der Waals surface area contributed by atoms with E-state index in [9.17, 15) is 4.79 Å². The average molecular weight is 376 g/mol. The zero-order chi connectivity index (χ0) is 18.8. The molecule has 5 nitrogen and oxygen atoms in total. The lowest BCUT2D eigenvalue weighted by molar-refractivity contribution is 0.0877. The number of nitrogen functional groups attached to an aromatic ring is 1. The van der Waals surface area contributed by atoms with Crippen LogP contribution in [0.15, 0.2) is 12.1 Å². The lowest BCUT2D eigenvalue weighted by Gasteiger charge is -2.36. The van der Waals surface area contributed by atoms with Crippen molar-refractivity contribution in [3.8, 4) is 18.1 Å². The summed E-state index contributed by atoms with van der Waals surface area (Å²) in [5.74, 6) is 2.76. The van der Waals surface area contributed by atoms with Crippen LogP contribution in [0.25, 0.3) is 0 Å². The SMILES string of the molecule is C#CC(CC)Oc1cc(N)c(Cl)cc1C(=O)NC1CC2CCC(C1)N2C. The quantitative estimate of drug-likeness (QED) is 0.613. The van der Waals surface area contributed by atoms with Crippen molar-refractivity contribution in [2.75, 3.05) is 12.8 Å². The number of halogens is 1. The average Bonchev–Trinajstić information content (AvgIpc) is 2.83. The Kier molecular flexibility index (Phi) is 5.64. The molecule has 26 heavy (non-hydrogen) atoms. The second-order valence-corrected chi connectivity index (χ2v) is 7.65. The van der Waals surface area contributed by atoms with Gasteiger partial charge in [0, 0.05) is 24.2 Å². The van der Waals surface area contributed by atoms with E-state index in [1.165, 1.54) is 12.8 Å². The highest BCUT2D eigenvalue weighted by atomic mass is 35.5. The number of carbonyl (C=O) groups excluding carboxylic acids is 1. The van der Waals surface area contributed by atoms with Crippen LogP contribution in [-0.4, -0.2) is 42.1 Å². The molecular weight excluding hydrogens is 350 g/mol. The molecule has 0 aromatic heterocycles. The van der Waals surface area contributed by atoms with E-state index in [4.69, 9.17) is 28.5 Å². The number of nitrogens with two attached hydrogens (primary N) is 1. The fourth-order valence-corrected chi connectivity index (χ4v) is 4.19. The predicted octanol–water partition coefficient (Wildman–Crippen LogP) is 3.07. The summed E-state index contributed by atoms with van der Waals surface area (Å²) in [5.41, 5.74) is 6.63. The monoisotopic (exact) mass is 375 g/mol. The van der Waals surface area contributed by atoms with Crippen molar-refractivity contribution in [2.24, 2.45) is 0 Å². The lowest BCUT2D eigenvalue weighted by Crippen LogP contribution is -2.48. The zero-order valence-corrected chi connectivity index (χ0v) is 16.1. The maximum atomic E-state index is 12.9. The molecule has 3 atom stereocenters. The number of nitrogens with zero attached hydrogens (tertiary/aromatic N) is 1. The summed E-state index contributed by atoms with van der Waals surface area (Å²) in [4.78, 5) is 15.4. The summed E-state index contributed by atoms with van der Waals surface area (Å²) in [6, 6.07) is 4.41. The Balaban J connectivity index is 1.78. The van der Waals surface area contributed by atoms with Crippen LogP contribution in [0.1, 0.15) is 49.4 Å². The first kappa shape index (κ1) is 18.9. The molecule has 0 aliphatic carbocycles. The van der Waals surface area contributed by atoms with E-state index in [1.54, 1.807) is 12.1 Å². The lowest BCUT2D eigenvalue weighted by atomic mass is 9.97. The number of ether oxygens (including phenoxy) is 1. The highest BCUT2D eigenvalue weighted by Gasteiger charge is 2.39. The first-order valence-corrected chi connectivity index (χ1v) is 9.55. The molecule has 2 saturated heterocycles. The van der Waals surface area contributed by atoms with Gasteiger partial charge in [-0.25, -0.2) is 0 Å². The molecular formula is C20H26ClN3O2. The standard InChI is InChI=1S/C20H26ClN3O2/c1-4-15(5-2)26-19-11-18(22)17(21)10-16(19)20(25)23-12-8-13-6-7-14(9-12)24(13)3/h1,10-15H,5-9,22H2,2-3H3,(H,23,25). The number of fused-ring (bicyclic) bond motifs is 2. The second-order valence-electron chi connectivity index (χ2n) is 7.24. The van der Waals surface area contributed by atoms with Gasteiger partial charge >= 0.3 is 0 Å². The van der Waals surface area contributed by atoms with Gasteiger partial charge in [0.1, 0.15) is 5.75 Å². The van der Waals surface area contributed by atoms with Crippen LogP contribution in [0, 0.1) is 12.3 Å². The molecule has 0 saturated carbocycles. The molecule has 1 aromatic rings. The van der Waals surface area contributed by atoms with Crippen LogP contribution < -0.4 is 15.8 Å². The number of carbonyl (C=O) groups is 1. The molecule has 2 aliphatic heterocycles. The maximum absolute atomic E-state index is 12.9. The predicted molar refractivity (Wildman–Crippen MR) is 104 cm³/mol. The van der Waals surface area contributed by atoms with Crippen molar-refractivity contribution in [1.29, 1.82) is 0 Å². The van der Waals surface area contributed by atoms with E-state index >= 15 is 0 Å². The van der Waals surface area contributed by atoms with Crippen LogP contribution in [0.4, 0.5) is 5.69 Å². The molecule has 140 valence electrons. The summed E-state index contributed by atoms with van der Waals surface area (Å²) in [7, 11) is 2.18. The third-order valence-corrected chi connectivity index (χ3v) is 5.93. The zero-order valence-electron chi connectivity index (χ0n) is 15.3. The molecule has 3 unspecified atom stereocenters. The normalized spacial score (nSPS) is 26.2.